The van der Waals surface area contributed by atoms with Crippen LogP contribution >= 0.6 is 0 Å². The number of pyridine rings is 1. The third-order valence-corrected chi connectivity index (χ3v) is 7.98. The molecular formula is C30H35N4O3+. The summed E-state index contributed by atoms with van der Waals surface area (Å²) in [7, 11) is 0. The summed E-state index contributed by atoms with van der Waals surface area (Å²) in [5, 5.41) is 20.5. The van der Waals surface area contributed by atoms with Gasteiger partial charge in [-0.2, -0.15) is 5.10 Å². The second-order valence-corrected chi connectivity index (χ2v) is 10.8. The molecule has 0 unspecified atom stereocenters. The van der Waals surface area contributed by atoms with Crippen LogP contribution in [-0.4, -0.2) is 27.5 Å². The van der Waals surface area contributed by atoms with E-state index in [4.69, 9.17) is 9.84 Å². The maximum absolute atomic E-state index is 13.3. The minimum absolute atomic E-state index is 0.159. The van der Waals surface area contributed by atoms with Gasteiger partial charge in [0.15, 0.2) is 0 Å². The number of carbonyl (C=O) groups is 1. The number of benzene rings is 2. The third-order valence-electron chi connectivity index (χ3n) is 7.98. The average Bonchev–Trinajstić information content (AvgIpc) is 3.65. The summed E-state index contributed by atoms with van der Waals surface area (Å²) in [5.74, 6) is 1.65. The Morgan fingerprint density at radius 1 is 1.05 bits per heavy atom. The number of nitrogens with one attached hydrogen (secondary N) is 1. The van der Waals surface area contributed by atoms with Crippen LogP contribution in [0.5, 0.6) is 5.75 Å². The van der Waals surface area contributed by atoms with Gasteiger partial charge in [-0.05, 0) is 68.6 Å². The highest BCUT2D eigenvalue weighted by Gasteiger charge is 2.27. The molecule has 2 aliphatic rings. The van der Waals surface area contributed by atoms with Crippen LogP contribution in [0, 0.1) is 11.8 Å². The second kappa shape index (κ2) is 10.0. The van der Waals surface area contributed by atoms with E-state index in [0.717, 1.165) is 39.8 Å². The largest absolute Gasteiger partial charge is 0.491 e. The summed E-state index contributed by atoms with van der Waals surface area (Å²) in [4.78, 5) is 13.3. The number of amides is 1. The van der Waals surface area contributed by atoms with Crippen LogP contribution in [0.3, 0.4) is 0 Å². The molecule has 2 heterocycles. The maximum Gasteiger partial charge on any atom is 0.325 e. The molecule has 1 amide bonds. The van der Waals surface area contributed by atoms with Gasteiger partial charge in [-0.15, -0.1) is 0 Å². The quantitative estimate of drug-likeness (QED) is 0.221. The third kappa shape index (κ3) is 4.99. The van der Waals surface area contributed by atoms with Crippen molar-refractivity contribution >= 4 is 33.4 Å². The Kier molecular flexibility index (Phi) is 6.45. The van der Waals surface area contributed by atoms with Crippen molar-refractivity contribution in [3.8, 4) is 5.75 Å². The number of nitrogens with zero attached hydrogens (tertiary/aromatic N) is 3. The molecule has 0 spiro atoms. The van der Waals surface area contributed by atoms with Crippen LogP contribution in [0.15, 0.2) is 54.7 Å². The number of hydrogen-bond donors (Lipinski definition) is 2. The Morgan fingerprint density at radius 2 is 1.84 bits per heavy atom. The fraction of sp³-hybridized carbons (Fsp3) is 0.433. The Bertz CT molecular complexity index is 1430. The monoisotopic (exact) mass is 499 g/mol. The number of carbonyl (C=O) groups excluding carboxylic acids is 1. The molecule has 4 aromatic rings. The number of para-hydroxylation sites is 1. The fourth-order valence-corrected chi connectivity index (χ4v) is 5.62. The molecule has 7 heteroatoms. The van der Waals surface area contributed by atoms with E-state index in [-0.39, 0.29) is 5.69 Å². The lowest BCUT2D eigenvalue weighted by Gasteiger charge is -2.28. The van der Waals surface area contributed by atoms with Crippen LogP contribution in [0.2, 0.25) is 0 Å². The van der Waals surface area contributed by atoms with Gasteiger partial charge in [0, 0.05) is 34.5 Å². The summed E-state index contributed by atoms with van der Waals surface area (Å²) >= 11 is 0. The minimum atomic E-state index is -0.398. The highest BCUT2D eigenvalue weighted by molar-refractivity contribution is 6.04. The predicted octanol–water partition coefficient (Wildman–Crippen LogP) is 6.29. The predicted molar refractivity (Wildman–Crippen MR) is 143 cm³/mol. The number of ether oxygens (including phenoxy) is 1. The standard InChI is InChI=1S/C30H34N4O3/c1-2-5-20-10-13-24(14-11-20)33-18-23-16-26(29(17-25(23)32-33)37-19-21-8-9-21)31-30(35)28-15-12-22-6-3-4-7-27(22)34(28)36/h3-4,6-7,12,15-18,20-21,24H,2,5,8-11,13-14,19H2,1H3,(H-,31,35,36)/p+1. The van der Waals surface area contributed by atoms with Gasteiger partial charge in [-0.3, -0.25) is 14.7 Å². The van der Waals surface area contributed by atoms with Gasteiger partial charge in [-0.1, -0.05) is 31.9 Å². The van der Waals surface area contributed by atoms with Crippen molar-refractivity contribution in [2.45, 2.75) is 64.3 Å². The number of rotatable bonds is 8. The molecule has 2 aromatic carbocycles. The van der Waals surface area contributed by atoms with Gasteiger partial charge in [-0.25, -0.2) is 0 Å². The first kappa shape index (κ1) is 23.8. The van der Waals surface area contributed by atoms with Crippen LogP contribution < -0.4 is 14.8 Å². The first-order valence-electron chi connectivity index (χ1n) is 13.7. The maximum atomic E-state index is 13.3. The molecule has 0 atom stereocenters. The number of anilines is 1. The van der Waals surface area contributed by atoms with E-state index in [9.17, 15) is 10.0 Å². The first-order valence-corrected chi connectivity index (χ1v) is 13.7. The molecule has 192 valence electrons. The first-order chi connectivity index (χ1) is 18.1. The molecule has 2 fully saturated rings. The lowest BCUT2D eigenvalue weighted by molar-refractivity contribution is -0.885. The zero-order chi connectivity index (χ0) is 25.4. The molecule has 0 radical (unpaired) electrons. The Hall–Kier alpha value is -3.61. The van der Waals surface area contributed by atoms with Crippen LogP contribution in [0.25, 0.3) is 21.8 Å². The molecule has 7 nitrogen and oxygen atoms in total. The van der Waals surface area contributed by atoms with Crippen molar-refractivity contribution in [1.29, 1.82) is 0 Å². The van der Waals surface area contributed by atoms with Crippen molar-refractivity contribution in [2.24, 2.45) is 11.8 Å². The molecule has 6 rings (SSSR count). The van der Waals surface area contributed by atoms with Crippen molar-refractivity contribution in [3.63, 3.8) is 0 Å². The molecule has 0 saturated heterocycles. The van der Waals surface area contributed by atoms with Gasteiger partial charge in [0.25, 0.3) is 5.52 Å². The SMILES string of the molecule is CCCC1CCC(n2cc3cc(NC(=O)c4ccc5ccccc5[n+]4O)c(OCC4CC4)cc3n2)CC1. The summed E-state index contributed by atoms with van der Waals surface area (Å²) < 4.78 is 9.23. The molecule has 2 aliphatic carbocycles. The molecule has 0 aliphatic heterocycles. The van der Waals surface area contributed by atoms with E-state index in [0.29, 0.717) is 35.5 Å². The van der Waals surface area contributed by atoms with E-state index in [1.165, 1.54) is 38.5 Å². The van der Waals surface area contributed by atoms with Gasteiger partial charge >= 0.3 is 11.6 Å². The Morgan fingerprint density at radius 3 is 2.62 bits per heavy atom. The van der Waals surface area contributed by atoms with Crippen LogP contribution in [0.1, 0.15) is 74.8 Å². The van der Waals surface area contributed by atoms with Crippen LogP contribution in [0.4, 0.5) is 5.69 Å². The minimum Gasteiger partial charge on any atom is -0.491 e. The summed E-state index contributed by atoms with van der Waals surface area (Å²) in [5.41, 5.74) is 2.21. The molecular weight excluding hydrogens is 464 g/mol. The van der Waals surface area contributed by atoms with Crippen molar-refractivity contribution in [3.05, 3.63) is 60.4 Å². The Labute approximate surface area is 217 Å². The molecule has 0 bridgehead atoms. The Balaban J connectivity index is 1.28. The zero-order valence-corrected chi connectivity index (χ0v) is 21.4. The van der Waals surface area contributed by atoms with Gasteiger partial charge in [0.2, 0.25) is 0 Å². The van der Waals surface area contributed by atoms with Crippen LogP contribution in [-0.2, 0) is 0 Å². The summed E-state index contributed by atoms with van der Waals surface area (Å²) in [6, 6.07) is 15.2. The topological polar surface area (TPSA) is 80.3 Å². The van der Waals surface area contributed by atoms with Crippen molar-refractivity contribution in [1.82, 2.24) is 9.78 Å². The molecule has 2 saturated carbocycles. The normalized spacial score (nSPS) is 19.8. The number of aromatic nitrogens is 3. The van der Waals surface area contributed by atoms with Crippen molar-refractivity contribution < 1.29 is 19.5 Å². The molecule has 2 aromatic heterocycles. The lowest BCUT2D eigenvalue weighted by Crippen LogP contribution is -2.40. The summed E-state index contributed by atoms with van der Waals surface area (Å²) in [6.45, 7) is 2.90. The smallest absolute Gasteiger partial charge is 0.325 e. The summed E-state index contributed by atoms with van der Waals surface area (Å²) in [6.07, 6.45) is 11.9. The second-order valence-electron chi connectivity index (χ2n) is 10.8. The number of hydrogen-bond acceptors (Lipinski definition) is 4. The van der Waals surface area contributed by atoms with E-state index in [1.54, 1.807) is 12.1 Å². The molecule has 2 N–H and O–H groups in total. The lowest BCUT2D eigenvalue weighted by atomic mass is 9.83. The average molecular weight is 500 g/mol. The van der Waals surface area contributed by atoms with E-state index in [1.807, 2.05) is 36.4 Å². The van der Waals surface area contributed by atoms with Gasteiger partial charge in [0.1, 0.15) is 5.75 Å². The fourth-order valence-electron chi connectivity index (χ4n) is 5.62. The molecule has 37 heavy (non-hydrogen) atoms. The van der Waals surface area contributed by atoms with E-state index in [2.05, 4.69) is 23.1 Å². The van der Waals surface area contributed by atoms with Gasteiger partial charge < -0.3 is 10.1 Å². The number of fused-ring (bicyclic) bond motifs is 2. The van der Waals surface area contributed by atoms with Gasteiger partial charge in [0.05, 0.1) is 29.2 Å². The highest BCUT2D eigenvalue weighted by Crippen LogP contribution is 2.37. The highest BCUT2D eigenvalue weighted by atomic mass is 16.5. The zero-order valence-electron chi connectivity index (χ0n) is 21.4. The van der Waals surface area contributed by atoms with E-state index < -0.39 is 5.91 Å². The van der Waals surface area contributed by atoms with Crippen molar-refractivity contribution in [2.75, 3.05) is 11.9 Å². The van der Waals surface area contributed by atoms with E-state index >= 15 is 0 Å².